The van der Waals surface area contributed by atoms with E-state index in [1.54, 1.807) is 0 Å². The molecule has 1 atom stereocenters. The van der Waals surface area contributed by atoms with Crippen molar-refractivity contribution in [1.29, 1.82) is 0 Å². The molecular weight excluding hydrogens is 242 g/mol. The molecule has 17 heavy (non-hydrogen) atoms. The van der Waals surface area contributed by atoms with Gasteiger partial charge in [0.15, 0.2) is 5.82 Å². The highest BCUT2D eigenvalue weighted by Crippen LogP contribution is 2.30. The van der Waals surface area contributed by atoms with Crippen LogP contribution in [0, 0.1) is 5.82 Å². The predicted octanol–water partition coefficient (Wildman–Crippen LogP) is 2.61. The first-order valence-corrected chi connectivity index (χ1v) is 4.78. The van der Waals surface area contributed by atoms with Crippen LogP contribution in [0.15, 0.2) is 12.3 Å². The lowest BCUT2D eigenvalue weighted by atomic mass is 10.1. The Morgan fingerprint density at radius 3 is 2.65 bits per heavy atom. The number of halogens is 4. The first-order chi connectivity index (χ1) is 7.85. The monoisotopic (exact) mass is 253 g/mol. The van der Waals surface area contributed by atoms with Gasteiger partial charge in [0, 0.05) is 18.2 Å². The fraction of sp³-hybridized carbons (Fsp3) is 0.500. The highest BCUT2D eigenvalue weighted by Gasteiger charge is 2.29. The second kappa shape index (κ2) is 5.31. The smallest absolute Gasteiger partial charge is 0.389 e. The van der Waals surface area contributed by atoms with E-state index in [4.69, 9.17) is 0 Å². The number of methoxy groups -OCH3 is 1. The average molecular weight is 253 g/mol. The number of pyridine rings is 1. The van der Waals surface area contributed by atoms with Crippen molar-refractivity contribution < 1.29 is 27.4 Å². The van der Waals surface area contributed by atoms with Crippen molar-refractivity contribution >= 4 is 0 Å². The van der Waals surface area contributed by atoms with E-state index < -0.39 is 30.9 Å². The molecule has 1 aromatic heterocycles. The predicted molar refractivity (Wildman–Crippen MR) is 51.0 cm³/mol. The normalized spacial score (nSPS) is 13.5. The molecule has 0 fully saturated rings. The summed E-state index contributed by atoms with van der Waals surface area (Å²) in [6.07, 6.45) is -6.54. The molecule has 1 heterocycles. The van der Waals surface area contributed by atoms with Crippen LogP contribution in [0.2, 0.25) is 0 Å². The average Bonchev–Trinajstić information content (AvgIpc) is 2.25. The van der Waals surface area contributed by atoms with Crippen molar-refractivity contribution in [1.82, 2.24) is 4.98 Å². The zero-order valence-corrected chi connectivity index (χ0v) is 8.96. The quantitative estimate of drug-likeness (QED) is 0.839. The Hall–Kier alpha value is -1.37. The van der Waals surface area contributed by atoms with Gasteiger partial charge in [0.1, 0.15) is 0 Å². The van der Waals surface area contributed by atoms with Crippen molar-refractivity contribution in [3.05, 3.63) is 23.6 Å². The minimum Gasteiger partial charge on any atom is -0.479 e. The second-order valence-corrected chi connectivity index (χ2v) is 3.39. The maximum Gasteiger partial charge on any atom is 0.389 e. The Labute approximate surface area is 95.0 Å². The molecule has 1 aromatic rings. The molecule has 96 valence electrons. The molecule has 0 bridgehead atoms. The van der Waals surface area contributed by atoms with Crippen LogP contribution >= 0.6 is 0 Å². The van der Waals surface area contributed by atoms with Gasteiger partial charge in [-0.1, -0.05) is 0 Å². The van der Waals surface area contributed by atoms with Crippen molar-refractivity contribution in [2.45, 2.75) is 25.1 Å². The topological polar surface area (TPSA) is 42.4 Å². The SMILES string of the molecule is COc1nccc(C(O)CCC(F)(F)F)c1F. The molecular formula is C10H11F4NO2. The summed E-state index contributed by atoms with van der Waals surface area (Å²) in [5.74, 6) is -1.29. The summed E-state index contributed by atoms with van der Waals surface area (Å²) < 4.78 is 53.9. The van der Waals surface area contributed by atoms with Gasteiger partial charge in [-0.3, -0.25) is 0 Å². The largest absolute Gasteiger partial charge is 0.479 e. The number of hydrogen-bond donors (Lipinski definition) is 1. The summed E-state index contributed by atoms with van der Waals surface area (Å²) in [7, 11) is 1.18. The lowest BCUT2D eigenvalue weighted by Crippen LogP contribution is -2.11. The Morgan fingerprint density at radius 2 is 2.12 bits per heavy atom. The molecule has 0 aliphatic carbocycles. The number of aromatic nitrogens is 1. The Balaban J connectivity index is 2.79. The minimum absolute atomic E-state index is 0.249. The number of ether oxygens (including phenoxy) is 1. The van der Waals surface area contributed by atoms with Gasteiger partial charge in [0.05, 0.1) is 13.2 Å². The van der Waals surface area contributed by atoms with E-state index in [1.807, 2.05) is 0 Å². The van der Waals surface area contributed by atoms with Crippen LogP contribution in [0.1, 0.15) is 24.5 Å². The lowest BCUT2D eigenvalue weighted by molar-refractivity contribution is -0.140. The summed E-state index contributed by atoms with van der Waals surface area (Å²) in [6.45, 7) is 0. The van der Waals surface area contributed by atoms with Gasteiger partial charge >= 0.3 is 6.18 Å². The molecule has 0 amide bonds. The second-order valence-electron chi connectivity index (χ2n) is 3.39. The van der Waals surface area contributed by atoms with E-state index >= 15 is 0 Å². The third-order valence-electron chi connectivity index (χ3n) is 2.14. The first-order valence-electron chi connectivity index (χ1n) is 4.78. The van der Waals surface area contributed by atoms with Crippen LogP contribution in [0.5, 0.6) is 5.88 Å². The maximum absolute atomic E-state index is 13.5. The van der Waals surface area contributed by atoms with Gasteiger partial charge in [-0.25, -0.2) is 9.37 Å². The highest BCUT2D eigenvalue weighted by atomic mass is 19.4. The van der Waals surface area contributed by atoms with Crippen LogP contribution in [0.4, 0.5) is 17.6 Å². The molecule has 1 unspecified atom stereocenters. The molecule has 7 heteroatoms. The van der Waals surface area contributed by atoms with E-state index in [9.17, 15) is 22.7 Å². The molecule has 0 aromatic carbocycles. The molecule has 0 saturated carbocycles. The minimum atomic E-state index is -4.38. The van der Waals surface area contributed by atoms with Gasteiger partial charge < -0.3 is 9.84 Å². The molecule has 0 saturated heterocycles. The molecule has 0 spiro atoms. The third kappa shape index (κ3) is 3.85. The first kappa shape index (κ1) is 13.7. The Kier molecular flexibility index (Phi) is 4.28. The van der Waals surface area contributed by atoms with Gasteiger partial charge in [-0.15, -0.1) is 0 Å². The molecule has 0 aliphatic heterocycles. The van der Waals surface area contributed by atoms with Gasteiger partial charge in [-0.05, 0) is 12.5 Å². The Bertz CT molecular complexity index is 381. The van der Waals surface area contributed by atoms with E-state index in [1.165, 1.54) is 7.11 Å². The summed E-state index contributed by atoms with van der Waals surface area (Å²) in [6, 6.07) is 1.12. The van der Waals surface area contributed by atoms with Crippen LogP contribution < -0.4 is 4.74 Å². The zero-order chi connectivity index (χ0) is 13.1. The van der Waals surface area contributed by atoms with Gasteiger partial charge in [0.2, 0.25) is 5.88 Å². The summed E-state index contributed by atoms with van der Waals surface area (Å²) in [5, 5.41) is 9.46. The molecule has 1 N–H and O–H groups in total. The third-order valence-corrected chi connectivity index (χ3v) is 2.14. The number of aliphatic hydroxyl groups is 1. The van der Waals surface area contributed by atoms with Crippen molar-refractivity contribution in [3.8, 4) is 5.88 Å². The van der Waals surface area contributed by atoms with Crippen LogP contribution in [0.25, 0.3) is 0 Å². The van der Waals surface area contributed by atoms with Crippen LogP contribution in [-0.2, 0) is 0 Å². The fourth-order valence-electron chi connectivity index (χ4n) is 1.29. The van der Waals surface area contributed by atoms with Crippen molar-refractivity contribution in [2.75, 3.05) is 7.11 Å². The van der Waals surface area contributed by atoms with E-state index in [2.05, 4.69) is 9.72 Å². The number of hydrogen-bond acceptors (Lipinski definition) is 3. The van der Waals surface area contributed by atoms with Crippen LogP contribution in [0.3, 0.4) is 0 Å². The molecule has 0 aliphatic rings. The summed E-state index contributed by atoms with van der Waals surface area (Å²) in [5.41, 5.74) is -0.249. The number of alkyl halides is 3. The fourth-order valence-corrected chi connectivity index (χ4v) is 1.29. The van der Waals surface area contributed by atoms with Crippen molar-refractivity contribution in [2.24, 2.45) is 0 Å². The molecule has 0 radical (unpaired) electrons. The summed E-state index contributed by atoms with van der Waals surface area (Å²) >= 11 is 0. The number of aliphatic hydroxyl groups excluding tert-OH is 1. The van der Waals surface area contributed by atoms with E-state index in [0.717, 1.165) is 12.3 Å². The standard InChI is InChI=1S/C10H11F4NO2/c1-17-9-8(11)6(3-5-15-9)7(16)2-4-10(12,13)14/h3,5,7,16H,2,4H2,1H3. The summed E-state index contributed by atoms with van der Waals surface area (Å²) in [4.78, 5) is 3.52. The number of nitrogens with zero attached hydrogens (tertiary/aromatic N) is 1. The lowest BCUT2D eigenvalue weighted by Gasteiger charge is -2.14. The van der Waals surface area contributed by atoms with Crippen molar-refractivity contribution in [3.63, 3.8) is 0 Å². The van der Waals surface area contributed by atoms with E-state index in [-0.39, 0.29) is 11.4 Å². The zero-order valence-electron chi connectivity index (χ0n) is 8.96. The Morgan fingerprint density at radius 1 is 1.47 bits per heavy atom. The molecule has 1 rings (SSSR count). The maximum atomic E-state index is 13.5. The number of rotatable bonds is 4. The van der Waals surface area contributed by atoms with Gasteiger partial charge in [-0.2, -0.15) is 13.2 Å². The van der Waals surface area contributed by atoms with Crippen LogP contribution in [-0.4, -0.2) is 23.4 Å². The van der Waals surface area contributed by atoms with Gasteiger partial charge in [0.25, 0.3) is 0 Å². The highest BCUT2D eigenvalue weighted by molar-refractivity contribution is 5.25. The molecule has 3 nitrogen and oxygen atoms in total. The van der Waals surface area contributed by atoms with E-state index in [0.29, 0.717) is 0 Å².